The zero-order chi connectivity index (χ0) is 32.6. The Balaban J connectivity index is 1.08. The van der Waals surface area contributed by atoms with E-state index in [0.29, 0.717) is 17.5 Å². The summed E-state index contributed by atoms with van der Waals surface area (Å²) >= 11 is 1.85. The Labute approximate surface area is 288 Å². The predicted octanol–water partition coefficient (Wildman–Crippen LogP) is 12.2. The minimum Gasteiger partial charge on any atom is -0.208 e. The SMILES string of the molecule is c1ccc(-c2ccc(-c3nc(-c4ccccc4)nc(-c4cccc(-c5ccc(-c6cccc7sc8ccccc8c67)cc5)c4)n3)cc2)cc1. The second-order valence-electron chi connectivity index (χ2n) is 12.1. The number of thiophene rings is 1. The molecule has 49 heavy (non-hydrogen) atoms. The fourth-order valence-corrected chi connectivity index (χ4v) is 7.62. The Bertz CT molecular complexity index is 2570. The second-order valence-corrected chi connectivity index (χ2v) is 13.1. The minimum absolute atomic E-state index is 0.644. The van der Waals surface area contributed by atoms with Crippen LogP contribution in [-0.2, 0) is 0 Å². The average Bonchev–Trinajstić information content (AvgIpc) is 3.58. The smallest absolute Gasteiger partial charge is 0.164 e. The Hall–Kier alpha value is -6.23. The van der Waals surface area contributed by atoms with Gasteiger partial charge in [-0.05, 0) is 51.6 Å². The second kappa shape index (κ2) is 12.4. The predicted molar refractivity (Wildman–Crippen MR) is 205 cm³/mol. The molecule has 0 unspecified atom stereocenters. The number of nitrogens with zero attached hydrogens (tertiary/aromatic N) is 3. The first-order valence-electron chi connectivity index (χ1n) is 16.4. The van der Waals surface area contributed by atoms with Gasteiger partial charge in [0.25, 0.3) is 0 Å². The highest BCUT2D eigenvalue weighted by Gasteiger charge is 2.14. The zero-order valence-electron chi connectivity index (χ0n) is 26.5. The summed E-state index contributed by atoms with van der Waals surface area (Å²) in [4.78, 5) is 14.9. The van der Waals surface area contributed by atoms with Crippen molar-refractivity contribution in [1.29, 1.82) is 0 Å². The maximum Gasteiger partial charge on any atom is 0.164 e. The Morgan fingerprint density at radius 1 is 0.306 bits per heavy atom. The van der Waals surface area contributed by atoms with E-state index >= 15 is 0 Å². The van der Waals surface area contributed by atoms with Gasteiger partial charge in [0.15, 0.2) is 17.5 Å². The van der Waals surface area contributed by atoms with Gasteiger partial charge in [-0.2, -0.15) is 0 Å². The highest BCUT2D eigenvalue weighted by molar-refractivity contribution is 7.25. The fraction of sp³-hybridized carbons (Fsp3) is 0. The molecular weight excluding hydrogens is 615 g/mol. The van der Waals surface area contributed by atoms with Crippen molar-refractivity contribution in [1.82, 2.24) is 15.0 Å². The standard InChI is InChI=1S/C45H29N3S/c1-3-11-30(12-4-1)31-23-27-35(28-24-31)44-46-43(34-13-5-2-6-14-34)47-45(48-44)37-16-9-15-36(29-37)32-21-25-33(26-22-32)38-18-10-20-41-42(38)39-17-7-8-19-40(39)49-41/h1-29H. The van der Waals surface area contributed by atoms with Gasteiger partial charge >= 0.3 is 0 Å². The molecule has 0 atom stereocenters. The summed E-state index contributed by atoms with van der Waals surface area (Å²) in [5.74, 6) is 1.94. The average molecular weight is 644 g/mol. The van der Waals surface area contributed by atoms with Crippen molar-refractivity contribution in [2.75, 3.05) is 0 Å². The number of rotatable bonds is 6. The first-order valence-corrected chi connectivity index (χ1v) is 17.2. The molecule has 7 aromatic carbocycles. The molecule has 9 rings (SSSR count). The van der Waals surface area contributed by atoms with E-state index in [-0.39, 0.29) is 0 Å². The van der Waals surface area contributed by atoms with E-state index in [1.54, 1.807) is 0 Å². The van der Waals surface area contributed by atoms with E-state index in [1.807, 2.05) is 47.7 Å². The van der Waals surface area contributed by atoms with E-state index in [9.17, 15) is 0 Å². The van der Waals surface area contributed by atoms with E-state index < -0.39 is 0 Å². The zero-order valence-corrected chi connectivity index (χ0v) is 27.3. The maximum atomic E-state index is 5.02. The third-order valence-electron chi connectivity index (χ3n) is 8.97. The molecule has 2 heterocycles. The normalized spacial score (nSPS) is 11.3. The monoisotopic (exact) mass is 643 g/mol. The third-order valence-corrected chi connectivity index (χ3v) is 10.1. The van der Waals surface area contributed by atoms with Gasteiger partial charge in [-0.3, -0.25) is 0 Å². The number of aromatic nitrogens is 3. The molecule has 0 saturated heterocycles. The Morgan fingerprint density at radius 3 is 1.47 bits per heavy atom. The summed E-state index contributed by atoms with van der Waals surface area (Å²) < 4.78 is 2.63. The van der Waals surface area contributed by atoms with Crippen LogP contribution in [0.5, 0.6) is 0 Å². The lowest BCUT2D eigenvalue weighted by molar-refractivity contribution is 1.07. The van der Waals surface area contributed by atoms with E-state index in [0.717, 1.165) is 33.4 Å². The largest absolute Gasteiger partial charge is 0.208 e. The summed E-state index contributed by atoms with van der Waals surface area (Å²) in [5, 5.41) is 2.64. The van der Waals surface area contributed by atoms with Crippen molar-refractivity contribution in [2.24, 2.45) is 0 Å². The molecule has 0 amide bonds. The molecule has 0 saturated carbocycles. The number of fused-ring (bicyclic) bond motifs is 3. The van der Waals surface area contributed by atoms with Crippen LogP contribution in [0.1, 0.15) is 0 Å². The molecule has 0 radical (unpaired) electrons. The molecule has 0 fully saturated rings. The van der Waals surface area contributed by atoms with Gasteiger partial charge in [0, 0.05) is 36.9 Å². The topological polar surface area (TPSA) is 38.7 Å². The van der Waals surface area contributed by atoms with Crippen LogP contribution in [0.4, 0.5) is 0 Å². The lowest BCUT2D eigenvalue weighted by Gasteiger charge is -2.11. The van der Waals surface area contributed by atoms with Crippen LogP contribution in [0.2, 0.25) is 0 Å². The molecule has 230 valence electrons. The van der Waals surface area contributed by atoms with Gasteiger partial charge in [0.2, 0.25) is 0 Å². The summed E-state index contributed by atoms with van der Waals surface area (Å²) in [6.45, 7) is 0. The lowest BCUT2D eigenvalue weighted by atomic mass is 9.96. The third kappa shape index (κ3) is 5.58. The Morgan fingerprint density at radius 2 is 0.755 bits per heavy atom. The molecular formula is C45H29N3S. The van der Waals surface area contributed by atoms with E-state index in [4.69, 9.17) is 15.0 Å². The van der Waals surface area contributed by atoms with Crippen molar-refractivity contribution < 1.29 is 0 Å². The molecule has 3 nitrogen and oxygen atoms in total. The molecule has 0 aliphatic heterocycles. The summed E-state index contributed by atoms with van der Waals surface area (Å²) in [6.07, 6.45) is 0. The van der Waals surface area contributed by atoms with Gasteiger partial charge < -0.3 is 0 Å². The lowest BCUT2D eigenvalue weighted by Crippen LogP contribution is -2.00. The highest BCUT2D eigenvalue weighted by atomic mass is 32.1. The van der Waals surface area contributed by atoms with Gasteiger partial charge in [-0.15, -0.1) is 11.3 Å². The fourth-order valence-electron chi connectivity index (χ4n) is 6.49. The minimum atomic E-state index is 0.644. The molecule has 0 N–H and O–H groups in total. The quantitative estimate of drug-likeness (QED) is 0.181. The van der Waals surface area contributed by atoms with Crippen LogP contribution in [0.25, 0.3) is 87.7 Å². The van der Waals surface area contributed by atoms with Gasteiger partial charge in [-0.1, -0.05) is 158 Å². The van der Waals surface area contributed by atoms with Crippen molar-refractivity contribution in [3.05, 3.63) is 176 Å². The summed E-state index contributed by atoms with van der Waals surface area (Å²) in [7, 11) is 0. The molecule has 2 aromatic heterocycles. The van der Waals surface area contributed by atoms with Crippen LogP contribution in [-0.4, -0.2) is 15.0 Å². The van der Waals surface area contributed by atoms with Gasteiger partial charge in [0.05, 0.1) is 0 Å². The molecule has 0 spiro atoms. The molecule has 0 bridgehead atoms. The maximum absolute atomic E-state index is 5.02. The van der Waals surface area contributed by atoms with Crippen molar-refractivity contribution in [3.63, 3.8) is 0 Å². The Kier molecular flexibility index (Phi) is 7.34. The molecule has 9 aromatic rings. The number of hydrogen-bond acceptors (Lipinski definition) is 4. The van der Waals surface area contributed by atoms with Gasteiger partial charge in [0.1, 0.15) is 0 Å². The number of benzene rings is 7. The first kappa shape index (κ1) is 29.0. The highest BCUT2D eigenvalue weighted by Crippen LogP contribution is 2.40. The molecule has 4 heteroatoms. The summed E-state index contributed by atoms with van der Waals surface area (Å²) in [6, 6.07) is 61.6. The van der Waals surface area contributed by atoms with Crippen LogP contribution in [0.15, 0.2) is 176 Å². The van der Waals surface area contributed by atoms with Crippen molar-refractivity contribution in [3.8, 4) is 67.5 Å². The van der Waals surface area contributed by atoms with Crippen LogP contribution in [0.3, 0.4) is 0 Å². The van der Waals surface area contributed by atoms with Crippen LogP contribution in [0, 0.1) is 0 Å². The van der Waals surface area contributed by atoms with E-state index in [2.05, 4.69) is 140 Å². The van der Waals surface area contributed by atoms with Gasteiger partial charge in [-0.25, -0.2) is 15.0 Å². The van der Waals surface area contributed by atoms with E-state index in [1.165, 1.54) is 36.9 Å². The van der Waals surface area contributed by atoms with Crippen molar-refractivity contribution >= 4 is 31.5 Å². The molecule has 0 aliphatic rings. The number of hydrogen-bond donors (Lipinski definition) is 0. The van der Waals surface area contributed by atoms with Crippen LogP contribution < -0.4 is 0 Å². The first-order chi connectivity index (χ1) is 24.3. The van der Waals surface area contributed by atoms with Crippen LogP contribution >= 0.6 is 11.3 Å². The van der Waals surface area contributed by atoms with Crippen molar-refractivity contribution in [2.45, 2.75) is 0 Å². The molecule has 0 aliphatic carbocycles. The summed E-state index contributed by atoms with van der Waals surface area (Å²) in [5.41, 5.74) is 9.89.